The van der Waals surface area contributed by atoms with Gasteiger partial charge in [0, 0.05) is 25.6 Å². The van der Waals surface area contributed by atoms with Crippen LogP contribution in [-0.4, -0.2) is 36.5 Å². The molecule has 0 unspecified atom stereocenters. The van der Waals surface area contributed by atoms with Crippen molar-refractivity contribution in [2.24, 2.45) is 0 Å². The van der Waals surface area contributed by atoms with Crippen molar-refractivity contribution >= 4 is 5.91 Å². The number of carbonyl (C=O) groups excluding carboxylic acids is 1. The zero-order valence-electron chi connectivity index (χ0n) is 11.2. The largest absolute Gasteiger partial charge is 0.469 e. The van der Waals surface area contributed by atoms with Gasteiger partial charge in [0.15, 0.2) is 0 Å². The molecule has 1 aliphatic rings. The van der Waals surface area contributed by atoms with Crippen LogP contribution in [0.3, 0.4) is 0 Å². The van der Waals surface area contributed by atoms with E-state index < -0.39 is 0 Å². The molecule has 1 N–H and O–H groups in total. The number of rotatable bonds is 4. The summed E-state index contributed by atoms with van der Waals surface area (Å²) >= 11 is 0. The fraction of sp³-hybridized carbons (Fsp3) is 0.643. The van der Waals surface area contributed by atoms with Gasteiger partial charge in [-0.2, -0.15) is 0 Å². The van der Waals surface area contributed by atoms with Crippen LogP contribution in [0.2, 0.25) is 0 Å². The van der Waals surface area contributed by atoms with Crippen LogP contribution in [0, 0.1) is 0 Å². The number of likely N-dealkylation sites (tertiary alicyclic amines) is 1. The lowest BCUT2D eigenvalue weighted by atomic mass is 10.0. The van der Waals surface area contributed by atoms with E-state index in [0.29, 0.717) is 6.04 Å². The topological polar surface area (TPSA) is 45.5 Å². The van der Waals surface area contributed by atoms with Crippen LogP contribution in [0.25, 0.3) is 0 Å². The second-order valence-electron chi connectivity index (χ2n) is 4.74. The third-order valence-electron chi connectivity index (χ3n) is 3.57. The van der Waals surface area contributed by atoms with Crippen molar-refractivity contribution in [3.63, 3.8) is 0 Å². The minimum Gasteiger partial charge on any atom is -0.469 e. The van der Waals surface area contributed by atoms with Gasteiger partial charge in [-0.05, 0) is 25.5 Å². The second kappa shape index (κ2) is 6.05. The van der Waals surface area contributed by atoms with E-state index in [2.05, 4.69) is 12.2 Å². The molecular formula is C14H22N2O2. The van der Waals surface area contributed by atoms with Gasteiger partial charge in [0.25, 0.3) is 5.91 Å². The maximum atomic E-state index is 12.4. The first-order valence-corrected chi connectivity index (χ1v) is 6.85. The molecule has 0 atom stereocenters. The Morgan fingerprint density at radius 1 is 1.44 bits per heavy atom. The highest BCUT2D eigenvalue weighted by atomic mass is 16.3. The minimum absolute atomic E-state index is 0.121. The highest BCUT2D eigenvalue weighted by Crippen LogP contribution is 2.18. The number of amides is 1. The average Bonchev–Trinajstić information content (AvgIpc) is 2.87. The number of aryl methyl sites for hydroxylation is 1. The number of nitrogens with one attached hydrogen (secondary N) is 1. The molecule has 1 saturated heterocycles. The second-order valence-corrected chi connectivity index (χ2v) is 4.74. The number of furan rings is 1. The zero-order chi connectivity index (χ0) is 13.0. The number of hydrogen-bond donors (Lipinski definition) is 1. The smallest absolute Gasteiger partial charge is 0.257 e. The van der Waals surface area contributed by atoms with E-state index in [4.69, 9.17) is 4.42 Å². The predicted octanol–water partition coefficient (Wildman–Crippen LogP) is 2.06. The average molecular weight is 250 g/mol. The summed E-state index contributed by atoms with van der Waals surface area (Å²) in [7, 11) is 0. The SMILES string of the molecule is CCNC1CCN(C(=O)c2ccoc2CC)CC1. The zero-order valence-corrected chi connectivity index (χ0v) is 11.2. The van der Waals surface area contributed by atoms with Crippen LogP contribution in [0.5, 0.6) is 0 Å². The molecule has 18 heavy (non-hydrogen) atoms. The molecule has 0 aliphatic carbocycles. The molecular weight excluding hydrogens is 228 g/mol. The molecule has 0 spiro atoms. The van der Waals surface area contributed by atoms with Crippen molar-refractivity contribution in [3.8, 4) is 0 Å². The summed E-state index contributed by atoms with van der Waals surface area (Å²) in [4.78, 5) is 14.3. The van der Waals surface area contributed by atoms with Gasteiger partial charge in [-0.3, -0.25) is 4.79 Å². The molecule has 4 heteroatoms. The minimum atomic E-state index is 0.121. The van der Waals surface area contributed by atoms with Crippen LogP contribution < -0.4 is 5.32 Å². The summed E-state index contributed by atoms with van der Waals surface area (Å²) in [6.45, 7) is 6.81. The van der Waals surface area contributed by atoms with Gasteiger partial charge in [-0.15, -0.1) is 0 Å². The van der Waals surface area contributed by atoms with Crippen LogP contribution >= 0.6 is 0 Å². The first-order chi connectivity index (χ1) is 8.76. The van der Waals surface area contributed by atoms with Crippen molar-refractivity contribution in [1.82, 2.24) is 10.2 Å². The molecule has 4 nitrogen and oxygen atoms in total. The number of carbonyl (C=O) groups is 1. The highest BCUT2D eigenvalue weighted by Gasteiger charge is 2.25. The van der Waals surface area contributed by atoms with E-state index in [9.17, 15) is 4.79 Å². The molecule has 1 aromatic rings. The quantitative estimate of drug-likeness (QED) is 0.889. The lowest BCUT2D eigenvalue weighted by molar-refractivity contribution is 0.0703. The molecule has 2 rings (SSSR count). The van der Waals surface area contributed by atoms with Gasteiger partial charge in [0.1, 0.15) is 5.76 Å². The van der Waals surface area contributed by atoms with Gasteiger partial charge >= 0.3 is 0 Å². The summed E-state index contributed by atoms with van der Waals surface area (Å²) in [5, 5.41) is 3.44. The van der Waals surface area contributed by atoms with Gasteiger partial charge < -0.3 is 14.6 Å². The van der Waals surface area contributed by atoms with E-state index in [0.717, 1.165) is 50.2 Å². The third-order valence-corrected chi connectivity index (χ3v) is 3.57. The Hall–Kier alpha value is -1.29. The van der Waals surface area contributed by atoms with E-state index in [1.165, 1.54) is 0 Å². The normalized spacial score (nSPS) is 17.1. The lowest BCUT2D eigenvalue weighted by Gasteiger charge is -2.32. The van der Waals surface area contributed by atoms with Crippen molar-refractivity contribution in [3.05, 3.63) is 23.7 Å². The van der Waals surface area contributed by atoms with Gasteiger partial charge in [0.2, 0.25) is 0 Å². The lowest BCUT2D eigenvalue weighted by Crippen LogP contribution is -2.44. The Balaban J connectivity index is 1.95. The molecule has 1 aliphatic heterocycles. The van der Waals surface area contributed by atoms with Gasteiger partial charge in [0.05, 0.1) is 11.8 Å². The maximum Gasteiger partial charge on any atom is 0.257 e. The fourth-order valence-electron chi connectivity index (χ4n) is 2.55. The Morgan fingerprint density at radius 2 is 2.17 bits per heavy atom. The van der Waals surface area contributed by atoms with E-state index >= 15 is 0 Å². The number of nitrogens with zero attached hydrogens (tertiary/aromatic N) is 1. The molecule has 0 aromatic carbocycles. The molecule has 1 aromatic heterocycles. The van der Waals surface area contributed by atoms with Crippen LogP contribution in [0.4, 0.5) is 0 Å². The first kappa shape index (κ1) is 13.1. The van der Waals surface area contributed by atoms with Crippen molar-refractivity contribution in [1.29, 1.82) is 0 Å². The Labute approximate surface area is 108 Å². The van der Waals surface area contributed by atoms with Gasteiger partial charge in [-0.1, -0.05) is 13.8 Å². The maximum absolute atomic E-state index is 12.4. The van der Waals surface area contributed by atoms with E-state index in [1.807, 2.05) is 11.8 Å². The van der Waals surface area contributed by atoms with Crippen LogP contribution in [-0.2, 0) is 6.42 Å². The standard InChI is InChI=1S/C14H22N2O2/c1-3-13-12(7-10-18-13)14(17)16-8-5-11(6-9-16)15-4-2/h7,10-11,15H,3-6,8-9H2,1-2H3. The third kappa shape index (κ3) is 2.75. The molecule has 1 fully saturated rings. The Bertz CT molecular complexity index is 392. The van der Waals surface area contributed by atoms with Crippen LogP contribution in [0.1, 0.15) is 42.8 Å². The van der Waals surface area contributed by atoms with Crippen molar-refractivity contribution in [2.75, 3.05) is 19.6 Å². The summed E-state index contributed by atoms with van der Waals surface area (Å²) < 4.78 is 5.33. The molecule has 0 radical (unpaired) electrons. The van der Waals surface area contributed by atoms with E-state index in [1.54, 1.807) is 12.3 Å². The first-order valence-electron chi connectivity index (χ1n) is 6.85. The summed E-state index contributed by atoms with van der Waals surface area (Å²) in [5.41, 5.74) is 0.736. The Morgan fingerprint density at radius 3 is 2.78 bits per heavy atom. The summed E-state index contributed by atoms with van der Waals surface area (Å²) in [6.07, 6.45) is 4.46. The molecule has 0 saturated carbocycles. The van der Waals surface area contributed by atoms with Gasteiger partial charge in [-0.25, -0.2) is 0 Å². The molecule has 2 heterocycles. The highest BCUT2D eigenvalue weighted by molar-refractivity contribution is 5.95. The van der Waals surface area contributed by atoms with Crippen LogP contribution in [0.15, 0.2) is 16.7 Å². The molecule has 100 valence electrons. The van der Waals surface area contributed by atoms with Crippen molar-refractivity contribution in [2.45, 2.75) is 39.2 Å². The Kier molecular flexibility index (Phi) is 4.42. The molecule has 1 amide bonds. The predicted molar refractivity (Wildman–Crippen MR) is 70.7 cm³/mol. The number of hydrogen-bond acceptors (Lipinski definition) is 3. The van der Waals surface area contributed by atoms with Crippen molar-refractivity contribution < 1.29 is 9.21 Å². The fourth-order valence-corrected chi connectivity index (χ4v) is 2.55. The van der Waals surface area contributed by atoms with E-state index in [-0.39, 0.29) is 5.91 Å². The summed E-state index contributed by atoms with van der Waals surface area (Å²) in [6, 6.07) is 2.35. The monoisotopic (exact) mass is 250 g/mol. The molecule has 0 bridgehead atoms. The summed E-state index contributed by atoms with van der Waals surface area (Å²) in [5.74, 6) is 0.921. The number of piperidine rings is 1.